The average molecular weight is 391 g/mol. The van der Waals surface area contributed by atoms with Crippen molar-refractivity contribution in [3.05, 3.63) is 58.3 Å². The smallest absolute Gasteiger partial charge is 0.229 e. The summed E-state index contributed by atoms with van der Waals surface area (Å²) in [6, 6.07) is 11.6. The van der Waals surface area contributed by atoms with Crippen LogP contribution in [0.15, 0.2) is 46.9 Å². The van der Waals surface area contributed by atoms with E-state index in [1.165, 1.54) is 18.2 Å². The number of benzene rings is 2. The molecule has 1 unspecified atom stereocenters. The normalized spacial score (nSPS) is 17.2. The van der Waals surface area contributed by atoms with E-state index in [0.29, 0.717) is 17.8 Å². The van der Waals surface area contributed by atoms with Crippen LogP contribution < -0.4 is 10.2 Å². The molecule has 2 amide bonds. The molecule has 24 heavy (non-hydrogen) atoms. The minimum atomic E-state index is -0.436. The Balaban J connectivity index is 1.73. The number of nitrogens with zero attached hydrogens (tertiary/aromatic N) is 1. The Hall–Kier alpha value is -2.21. The Bertz CT molecular complexity index is 809. The summed E-state index contributed by atoms with van der Waals surface area (Å²) in [4.78, 5) is 26.4. The Kier molecular flexibility index (Phi) is 4.66. The van der Waals surface area contributed by atoms with Crippen molar-refractivity contribution >= 4 is 39.1 Å². The van der Waals surface area contributed by atoms with Gasteiger partial charge in [-0.15, -0.1) is 0 Å². The van der Waals surface area contributed by atoms with Crippen molar-refractivity contribution in [1.82, 2.24) is 0 Å². The summed E-state index contributed by atoms with van der Waals surface area (Å²) in [5, 5.41) is 2.79. The van der Waals surface area contributed by atoms with E-state index in [-0.39, 0.29) is 24.1 Å². The molecule has 0 radical (unpaired) electrons. The molecule has 124 valence electrons. The van der Waals surface area contributed by atoms with E-state index in [2.05, 4.69) is 21.2 Å². The minimum Gasteiger partial charge on any atom is -0.326 e. The summed E-state index contributed by atoms with van der Waals surface area (Å²) in [6.07, 6.45) is 0.160. The molecule has 0 saturated carbocycles. The van der Waals surface area contributed by atoms with E-state index in [0.717, 1.165) is 10.2 Å². The first-order valence-electron chi connectivity index (χ1n) is 7.57. The second-order valence-electron chi connectivity index (χ2n) is 5.81. The molecule has 2 aromatic rings. The van der Waals surface area contributed by atoms with Crippen LogP contribution in [0.3, 0.4) is 0 Å². The summed E-state index contributed by atoms with van der Waals surface area (Å²) in [5.41, 5.74) is 1.97. The van der Waals surface area contributed by atoms with Crippen LogP contribution >= 0.6 is 15.9 Å². The monoisotopic (exact) mass is 390 g/mol. The molecule has 1 N–H and O–H groups in total. The van der Waals surface area contributed by atoms with Crippen LogP contribution in [0.25, 0.3) is 0 Å². The second kappa shape index (κ2) is 6.73. The maximum atomic E-state index is 13.1. The van der Waals surface area contributed by atoms with Gasteiger partial charge < -0.3 is 10.2 Å². The molecule has 2 aromatic carbocycles. The van der Waals surface area contributed by atoms with E-state index in [9.17, 15) is 14.0 Å². The van der Waals surface area contributed by atoms with Crippen molar-refractivity contribution in [2.45, 2.75) is 13.3 Å². The van der Waals surface area contributed by atoms with Crippen LogP contribution in [0.5, 0.6) is 0 Å². The quantitative estimate of drug-likeness (QED) is 0.863. The molecule has 1 aliphatic rings. The molecule has 0 bridgehead atoms. The van der Waals surface area contributed by atoms with E-state index in [4.69, 9.17) is 0 Å². The summed E-state index contributed by atoms with van der Waals surface area (Å²) in [7, 11) is 0. The molecule has 4 nitrogen and oxygen atoms in total. The van der Waals surface area contributed by atoms with Gasteiger partial charge in [-0.3, -0.25) is 9.59 Å². The number of carbonyl (C=O) groups is 2. The first-order chi connectivity index (χ1) is 11.5. The van der Waals surface area contributed by atoms with Crippen LogP contribution in [-0.2, 0) is 9.59 Å². The SMILES string of the molecule is Cc1cc(F)ccc1NC(=O)C1CC(=O)N(c2ccccc2Br)C1. The lowest BCUT2D eigenvalue weighted by atomic mass is 10.1. The number of rotatable bonds is 3. The van der Waals surface area contributed by atoms with Crippen molar-refractivity contribution in [2.24, 2.45) is 5.92 Å². The molecule has 6 heteroatoms. The summed E-state index contributed by atoms with van der Waals surface area (Å²) in [6.45, 7) is 2.05. The number of amides is 2. The van der Waals surface area contributed by atoms with Crippen LogP contribution in [0.2, 0.25) is 0 Å². The first-order valence-corrected chi connectivity index (χ1v) is 8.37. The van der Waals surface area contributed by atoms with Gasteiger partial charge in [-0.2, -0.15) is 0 Å². The first kappa shape index (κ1) is 16.6. The van der Waals surface area contributed by atoms with Crippen LogP contribution in [0.4, 0.5) is 15.8 Å². The highest BCUT2D eigenvalue weighted by molar-refractivity contribution is 9.10. The van der Waals surface area contributed by atoms with Gasteiger partial charge in [0.15, 0.2) is 0 Å². The molecule has 0 aliphatic carbocycles. The lowest BCUT2D eigenvalue weighted by Crippen LogP contribution is -2.28. The molecule has 1 atom stereocenters. The van der Waals surface area contributed by atoms with Crippen molar-refractivity contribution in [1.29, 1.82) is 0 Å². The van der Waals surface area contributed by atoms with Gasteiger partial charge in [0.05, 0.1) is 11.6 Å². The van der Waals surface area contributed by atoms with Crippen molar-refractivity contribution in [2.75, 3.05) is 16.8 Å². The number of hydrogen-bond acceptors (Lipinski definition) is 2. The number of nitrogens with one attached hydrogen (secondary N) is 1. The lowest BCUT2D eigenvalue weighted by molar-refractivity contribution is -0.122. The van der Waals surface area contributed by atoms with Gasteiger partial charge in [0.25, 0.3) is 0 Å². The molecule has 1 aliphatic heterocycles. The highest BCUT2D eigenvalue weighted by Crippen LogP contribution is 2.31. The van der Waals surface area contributed by atoms with Crippen LogP contribution in [-0.4, -0.2) is 18.4 Å². The fourth-order valence-corrected chi connectivity index (χ4v) is 3.29. The topological polar surface area (TPSA) is 49.4 Å². The molecule has 1 saturated heterocycles. The van der Waals surface area contributed by atoms with E-state index < -0.39 is 5.92 Å². The fourth-order valence-electron chi connectivity index (χ4n) is 2.79. The van der Waals surface area contributed by atoms with Gasteiger partial charge in [-0.25, -0.2) is 4.39 Å². The molecule has 0 spiro atoms. The number of halogens is 2. The average Bonchev–Trinajstić information content (AvgIpc) is 2.92. The lowest BCUT2D eigenvalue weighted by Gasteiger charge is -2.18. The third kappa shape index (κ3) is 3.33. The Morgan fingerprint density at radius 3 is 2.75 bits per heavy atom. The summed E-state index contributed by atoms with van der Waals surface area (Å²) >= 11 is 3.43. The zero-order valence-electron chi connectivity index (χ0n) is 13.1. The van der Waals surface area contributed by atoms with Gasteiger partial charge in [-0.05, 0) is 58.7 Å². The maximum Gasteiger partial charge on any atom is 0.229 e. The molecule has 0 aromatic heterocycles. The van der Waals surface area contributed by atoms with E-state index in [1.54, 1.807) is 11.8 Å². The van der Waals surface area contributed by atoms with Crippen LogP contribution in [0, 0.1) is 18.7 Å². The van der Waals surface area contributed by atoms with Crippen molar-refractivity contribution in [3.63, 3.8) is 0 Å². The Morgan fingerprint density at radius 2 is 2.04 bits per heavy atom. The predicted octanol–water partition coefficient (Wildman–Crippen LogP) is 3.89. The van der Waals surface area contributed by atoms with Crippen LogP contribution in [0.1, 0.15) is 12.0 Å². The predicted molar refractivity (Wildman–Crippen MR) is 94.4 cm³/mol. The molecule has 3 rings (SSSR count). The zero-order valence-corrected chi connectivity index (χ0v) is 14.6. The number of hydrogen-bond donors (Lipinski definition) is 1. The summed E-state index contributed by atoms with van der Waals surface area (Å²) in [5.74, 6) is -1.10. The summed E-state index contributed by atoms with van der Waals surface area (Å²) < 4.78 is 14.0. The highest BCUT2D eigenvalue weighted by atomic mass is 79.9. The fraction of sp³-hybridized carbons (Fsp3) is 0.222. The van der Waals surface area contributed by atoms with E-state index in [1.807, 2.05) is 24.3 Å². The van der Waals surface area contributed by atoms with Gasteiger partial charge in [0.1, 0.15) is 5.82 Å². The highest BCUT2D eigenvalue weighted by Gasteiger charge is 2.35. The molecule has 1 heterocycles. The number of carbonyl (C=O) groups excluding carboxylic acids is 2. The third-order valence-electron chi connectivity index (χ3n) is 4.09. The minimum absolute atomic E-state index is 0.0853. The maximum absolute atomic E-state index is 13.1. The Labute approximate surface area is 147 Å². The molecular formula is C18H16BrFN2O2. The van der Waals surface area contributed by atoms with Gasteiger partial charge in [-0.1, -0.05) is 12.1 Å². The third-order valence-corrected chi connectivity index (χ3v) is 4.76. The Morgan fingerprint density at radius 1 is 1.29 bits per heavy atom. The van der Waals surface area contributed by atoms with E-state index >= 15 is 0 Å². The number of anilines is 2. The largest absolute Gasteiger partial charge is 0.326 e. The number of aryl methyl sites for hydroxylation is 1. The van der Waals surface area contributed by atoms with Gasteiger partial charge in [0.2, 0.25) is 11.8 Å². The standard InChI is InChI=1S/C18H16BrFN2O2/c1-11-8-13(20)6-7-15(11)21-18(24)12-9-17(23)22(10-12)16-5-3-2-4-14(16)19/h2-8,12H,9-10H2,1H3,(H,21,24). The van der Waals surface area contributed by atoms with Gasteiger partial charge >= 0.3 is 0 Å². The molecule has 1 fully saturated rings. The zero-order chi connectivity index (χ0) is 17.3. The molecular weight excluding hydrogens is 375 g/mol. The second-order valence-corrected chi connectivity index (χ2v) is 6.66. The van der Waals surface area contributed by atoms with Crippen molar-refractivity contribution in [3.8, 4) is 0 Å². The van der Waals surface area contributed by atoms with Crippen molar-refractivity contribution < 1.29 is 14.0 Å². The number of para-hydroxylation sites is 1. The van der Waals surface area contributed by atoms with Gasteiger partial charge in [0, 0.05) is 23.1 Å².